The number of rotatable bonds is 3. The highest BCUT2D eigenvalue weighted by Crippen LogP contribution is 2.36. The van der Waals surface area contributed by atoms with Crippen molar-refractivity contribution >= 4 is 17.7 Å². The zero-order valence-electron chi connectivity index (χ0n) is 14.1. The molecule has 0 bridgehead atoms. The second-order valence-electron chi connectivity index (χ2n) is 6.01. The molecule has 0 unspecified atom stereocenters. The number of fused-ring (bicyclic) bond motifs is 1. The third-order valence-corrected chi connectivity index (χ3v) is 4.15. The molecule has 1 aliphatic heterocycles. The molecule has 1 heterocycles. The highest BCUT2D eigenvalue weighted by atomic mass is 19.4. The second-order valence-corrected chi connectivity index (χ2v) is 6.01. The van der Waals surface area contributed by atoms with Gasteiger partial charge in [-0.1, -0.05) is 12.1 Å². The molecule has 1 atom stereocenters. The number of para-hydroxylation sites is 1. The summed E-state index contributed by atoms with van der Waals surface area (Å²) in [6.07, 6.45) is -5.79. The minimum atomic E-state index is -4.91. The second kappa shape index (κ2) is 7.37. The minimum absolute atomic E-state index is 0.0206. The summed E-state index contributed by atoms with van der Waals surface area (Å²) < 4.78 is 57.4. The molecule has 10 heteroatoms. The van der Waals surface area contributed by atoms with Gasteiger partial charge in [0, 0.05) is 17.7 Å². The van der Waals surface area contributed by atoms with Crippen molar-refractivity contribution in [3.05, 3.63) is 58.9 Å². The third-order valence-electron chi connectivity index (χ3n) is 4.15. The highest BCUT2D eigenvalue weighted by molar-refractivity contribution is 6.06. The number of hydrogen-bond donors (Lipinski definition) is 3. The fourth-order valence-electron chi connectivity index (χ4n) is 2.92. The Hall–Kier alpha value is -3.30. The SMILES string of the molecule is O=C(O)N[C@H]1CCOc2c(C(=O)Nc3ccc(F)c(C(F)(F)F)c3)cccc21. The molecule has 2 aromatic carbocycles. The zero-order chi connectivity index (χ0) is 20.5. The summed E-state index contributed by atoms with van der Waals surface area (Å²) in [4.78, 5) is 23.5. The predicted molar refractivity (Wildman–Crippen MR) is 89.8 cm³/mol. The lowest BCUT2D eigenvalue weighted by atomic mass is 9.97. The van der Waals surface area contributed by atoms with Crippen LogP contribution in [0.4, 0.5) is 28.0 Å². The van der Waals surface area contributed by atoms with Crippen molar-refractivity contribution in [3.63, 3.8) is 0 Å². The van der Waals surface area contributed by atoms with Crippen molar-refractivity contribution in [3.8, 4) is 5.75 Å². The number of carboxylic acid groups (broad SMARTS) is 1. The number of anilines is 1. The van der Waals surface area contributed by atoms with Crippen LogP contribution in [0.3, 0.4) is 0 Å². The molecule has 148 valence electrons. The van der Waals surface area contributed by atoms with E-state index in [0.717, 1.165) is 6.07 Å². The Morgan fingerprint density at radius 3 is 2.61 bits per heavy atom. The van der Waals surface area contributed by atoms with E-state index in [1.165, 1.54) is 12.1 Å². The molecule has 0 saturated heterocycles. The van der Waals surface area contributed by atoms with Crippen LogP contribution < -0.4 is 15.4 Å². The van der Waals surface area contributed by atoms with E-state index in [0.29, 0.717) is 24.1 Å². The number of carbonyl (C=O) groups is 2. The summed E-state index contributed by atoms with van der Waals surface area (Å²) in [7, 11) is 0. The Labute approximate surface area is 156 Å². The van der Waals surface area contributed by atoms with Crippen molar-refractivity contribution in [2.75, 3.05) is 11.9 Å². The number of amides is 2. The first-order chi connectivity index (χ1) is 13.2. The van der Waals surface area contributed by atoms with Gasteiger partial charge in [-0.15, -0.1) is 0 Å². The third kappa shape index (κ3) is 4.00. The zero-order valence-corrected chi connectivity index (χ0v) is 14.1. The van der Waals surface area contributed by atoms with Crippen LogP contribution in [0.25, 0.3) is 0 Å². The molecule has 0 fully saturated rings. The molecule has 0 saturated carbocycles. The quantitative estimate of drug-likeness (QED) is 0.677. The molecule has 2 amide bonds. The lowest BCUT2D eigenvalue weighted by molar-refractivity contribution is -0.139. The maximum atomic E-state index is 13.4. The van der Waals surface area contributed by atoms with E-state index >= 15 is 0 Å². The molecule has 2 aromatic rings. The molecular weight excluding hydrogens is 384 g/mol. The van der Waals surface area contributed by atoms with Crippen molar-refractivity contribution in [2.45, 2.75) is 18.6 Å². The van der Waals surface area contributed by atoms with Gasteiger partial charge in [0.15, 0.2) is 0 Å². The highest BCUT2D eigenvalue weighted by Gasteiger charge is 2.34. The van der Waals surface area contributed by atoms with E-state index in [9.17, 15) is 27.2 Å². The van der Waals surface area contributed by atoms with Crippen molar-refractivity contribution in [1.29, 1.82) is 0 Å². The van der Waals surface area contributed by atoms with Crippen LogP contribution in [0, 0.1) is 5.82 Å². The summed E-state index contributed by atoms with van der Waals surface area (Å²) in [6.45, 7) is 0.150. The fraction of sp³-hybridized carbons (Fsp3) is 0.222. The van der Waals surface area contributed by atoms with Gasteiger partial charge >= 0.3 is 12.3 Å². The summed E-state index contributed by atoms with van der Waals surface area (Å²) in [6, 6.07) is 6.02. The topological polar surface area (TPSA) is 87.7 Å². The maximum absolute atomic E-state index is 13.4. The number of alkyl halides is 3. The molecule has 3 N–H and O–H groups in total. The molecule has 0 aliphatic carbocycles. The Kier molecular flexibility index (Phi) is 5.12. The smallest absolute Gasteiger partial charge is 0.419 e. The van der Waals surface area contributed by atoms with Gasteiger partial charge in [0.25, 0.3) is 5.91 Å². The number of halogens is 4. The first-order valence-corrected chi connectivity index (χ1v) is 8.10. The molecule has 6 nitrogen and oxygen atoms in total. The lowest BCUT2D eigenvalue weighted by Crippen LogP contribution is -2.31. The van der Waals surface area contributed by atoms with Gasteiger partial charge in [0.2, 0.25) is 0 Å². The standard InChI is InChI=1S/C18H14F4N2O4/c19-13-5-4-9(8-12(13)18(20,21)22)23-16(25)11-3-1-2-10-14(24-17(26)27)6-7-28-15(10)11/h1-5,8,14,24H,6-7H2,(H,23,25)(H,26,27)/t14-/m0/s1. The summed E-state index contributed by atoms with van der Waals surface area (Å²) in [5.74, 6) is -2.08. The molecule has 0 aromatic heterocycles. The first kappa shape index (κ1) is 19.5. The first-order valence-electron chi connectivity index (χ1n) is 8.10. The monoisotopic (exact) mass is 398 g/mol. The Balaban J connectivity index is 1.89. The molecule has 3 rings (SSSR count). The van der Waals surface area contributed by atoms with Crippen molar-refractivity contribution < 1.29 is 37.0 Å². The van der Waals surface area contributed by atoms with E-state index in [2.05, 4.69) is 10.6 Å². The van der Waals surface area contributed by atoms with E-state index in [1.54, 1.807) is 6.07 Å². The van der Waals surface area contributed by atoms with Gasteiger partial charge in [0.05, 0.1) is 23.8 Å². The van der Waals surface area contributed by atoms with Crippen LogP contribution in [-0.2, 0) is 6.18 Å². The van der Waals surface area contributed by atoms with E-state index in [-0.39, 0.29) is 23.6 Å². The summed E-state index contributed by atoms with van der Waals surface area (Å²) >= 11 is 0. The fourth-order valence-corrected chi connectivity index (χ4v) is 2.92. The number of benzene rings is 2. The number of hydrogen-bond acceptors (Lipinski definition) is 3. The molecule has 0 radical (unpaired) electrons. The molecule has 28 heavy (non-hydrogen) atoms. The Morgan fingerprint density at radius 2 is 1.93 bits per heavy atom. The molecular formula is C18H14F4N2O4. The lowest BCUT2D eigenvalue weighted by Gasteiger charge is -2.27. The summed E-state index contributed by atoms with van der Waals surface area (Å²) in [5.41, 5.74) is -1.28. The van der Waals surface area contributed by atoms with Gasteiger partial charge in [-0.3, -0.25) is 4.79 Å². The van der Waals surface area contributed by atoms with Crippen LogP contribution in [0.2, 0.25) is 0 Å². The van der Waals surface area contributed by atoms with Crippen LogP contribution >= 0.6 is 0 Å². The van der Waals surface area contributed by atoms with Gasteiger partial charge in [-0.05, 0) is 24.3 Å². The molecule has 1 aliphatic rings. The average molecular weight is 398 g/mol. The predicted octanol–water partition coefficient (Wildman–Crippen LogP) is 4.19. The van der Waals surface area contributed by atoms with Crippen LogP contribution in [-0.4, -0.2) is 23.7 Å². The summed E-state index contributed by atoms with van der Waals surface area (Å²) in [5, 5.41) is 13.5. The van der Waals surface area contributed by atoms with Gasteiger partial charge in [-0.25, -0.2) is 9.18 Å². The normalized spacial score (nSPS) is 15.9. The number of ether oxygens (including phenoxy) is 1. The van der Waals surface area contributed by atoms with Gasteiger partial charge < -0.3 is 20.5 Å². The van der Waals surface area contributed by atoms with Gasteiger partial charge in [0.1, 0.15) is 11.6 Å². The van der Waals surface area contributed by atoms with Crippen LogP contribution in [0.1, 0.15) is 33.9 Å². The number of carbonyl (C=O) groups excluding carboxylic acids is 1. The average Bonchev–Trinajstić information content (AvgIpc) is 2.61. The minimum Gasteiger partial charge on any atom is -0.492 e. The van der Waals surface area contributed by atoms with Gasteiger partial charge in [-0.2, -0.15) is 13.2 Å². The van der Waals surface area contributed by atoms with Crippen molar-refractivity contribution in [2.24, 2.45) is 0 Å². The largest absolute Gasteiger partial charge is 0.492 e. The van der Waals surface area contributed by atoms with E-state index < -0.39 is 35.6 Å². The van der Waals surface area contributed by atoms with E-state index in [4.69, 9.17) is 9.84 Å². The maximum Gasteiger partial charge on any atom is 0.419 e. The Bertz CT molecular complexity index is 930. The molecule has 0 spiro atoms. The van der Waals surface area contributed by atoms with Crippen LogP contribution in [0.5, 0.6) is 5.75 Å². The van der Waals surface area contributed by atoms with Crippen molar-refractivity contribution in [1.82, 2.24) is 5.32 Å². The Morgan fingerprint density at radius 1 is 1.18 bits per heavy atom. The van der Waals surface area contributed by atoms with Crippen LogP contribution in [0.15, 0.2) is 36.4 Å². The number of nitrogens with one attached hydrogen (secondary N) is 2. The van der Waals surface area contributed by atoms with E-state index in [1.807, 2.05) is 0 Å².